The van der Waals surface area contributed by atoms with Crippen LogP contribution in [0.4, 0.5) is 10.5 Å². The molecule has 1 atom stereocenters. The number of hydrogen-bond donors (Lipinski definition) is 1. The lowest BCUT2D eigenvalue weighted by atomic mass is 10.1. The lowest BCUT2D eigenvalue weighted by molar-refractivity contribution is -0.576. The quantitative estimate of drug-likeness (QED) is 0.473. The van der Waals surface area contributed by atoms with E-state index in [0.717, 1.165) is 12.1 Å². The fourth-order valence-corrected chi connectivity index (χ4v) is 1.19. The number of nitro benzene ring substituents is 1. The van der Waals surface area contributed by atoms with Crippen LogP contribution in [0.3, 0.4) is 0 Å². The molecule has 1 aromatic carbocycles. The number of ether oxygens (including phenoxy) is 1. The van der Waals surface area contributed by atoms with Gasteiger partial charge >= 0.3 is 12.3 Å². The second kappa shape index (κ2) is 4.88. The highest BCUT2D eigenvalue weighted by molar-refractivity contribution is 5.65. The molecule has 17 heavy (non-hydrogen) atoms. The monoisotopic (exact) mass is 241 g/mol. The third-order valence-electron chi connectivity index (χ3n) is 1.82. The highest BCUT2D eigenvalue weighted by Gasteiger charge is 2.33. The molecule has 2 N–H and O–H groups in total. The molecule has 0 spiro atoms. The number of para-hydroxylation sites is 1. The Labute approximate surface area is 94.1 Å². The normalized spacial score (nSPS) is 11.5. The number of hydrogen-bond acceptors (Lipinski definition) is 6. The van der Waals surface area contributed by atoms with Gasteiger partial charge in [-0.25, -0.2) is 4.79 Å². The van der Waals surface area contributed by atoms with E-state index in [4.69, 9.17) is 0 Å². The van der Waals surface area contributed by atoms with Gasteiger partial charge in [-0.3, -0.25) is 20.2 Å². The molecule has 0 aliphatic heterocycles. The van der Waals surface area contributed by atoms with Crippen LogP contribution < -0.4 is 5.73 Å². The molecule has 0 aliphatic carbocycles. The molecule has 1 aromatic rings. The van der Waals surface area contributed by atoms with E-state index in [2.05, 4.69) is 10.5 Å². The van der Waals surface area contributed by atoms with Gasteiger partial charge < -0.3 is 10.5 Å². The molecule has 0 heterocycles. The summed E-state index contributed by atoms with van der Waals surface area (Å²) < 4.78 is 4.22. The van der Waals surface area contributed by atoms with Crippen LogP contribution in [0.2, 0.25) is 0 Å². The first-order valence-electron chi connectivity index (χ1n) is 4.26. The molecule has 1 amide bonds. The fraction of sp³-hybridized carbons (Fsp3) is 0.125. The summed E-state index contributed by atoms with van der Waals surface area (Å²) >= 11 is 0. The minimum Gasteiger partial charge on any atom is -0.377 e. The van der Waals surface area contributed by atoms with E-state index in [0.29, 0.717) is 0 Å². The van der Waals surface area contributed by atoms with Crippen LogP contribution in [0.1, 0.15) is 11.8 Å². The maximum atomic E-state index is 10.7. The number of nitrogens with zero attached hydrogens (tertiary/aromatic N) is 2. The van der Waals surface area contributed by atoms with Crippen LogP contribution in [0.15, 0.2) is 24.3 Å². The third-order valence-corrected chi connectivity index (χ3v) is 1.82. The van der Waals surface area contributed by atoms with E-state index in [-0.39, 0.29) is 5.56 Å². The molecular formula is C8H7N3O6. The molecule has 0 radical (unpaired) electrons. The molecule has 0 saturated heterocycles. The summed E-state index contributed by atoms with van der Waals surface area (Å²) in [6, 6.07) is 4.87. The Morgan fingerprint density at radius 3 is 2.35 bits per heavy atom. The van der Waals surface area contributed by atoms with Gasteiger partial charge in [0.2, 0.25) is 0 Å². The van der Waals surface area contributed by atoms with E-state index >= 15 is 0 Å². The second-order valence-corrected chi connectivity index (χ2v) is 2.89. The highest BCUT2D eigenvalue weighted by atomic mass is 16.7. The molecule has 0 bridgehead atoms. The summed E-state index contributed by atoms with van der Waals surface area (Å²) in [4.78, 5) is 30.0. The van der Waals surface area contributed by atoms with Crippen molar-refractivity contribution in [2.45, 2.75) is 6.23 Å². The average Bonchev–Trinajstić information content (AvgIpc) is 2.25. The minimum absolute atomic E-state index is 0.346. The smallest absolute Gasteiger partial charge is 0.377 e. The van der Waals surface area contributed by atoms with Gasteiger partial charge in [-0.1, -0.05) is 12.1 Å². The topological polar surface area (TPSA) is 139 Å². The van der Waals surface area contributed by atoms with Crippen molar-refractivity contribution in [1.82, 2.24) is 0 Å². The Morgan fingerprint density at radius 1 is 1.29 bits per heavy atom. The molecule has 1 unspecified atom stereocenters. The summed E-state index contributed by atoms with van der Waals surface area (Å²) in [6.45, 7) is 0. The number of amides is 1. The van der Waals surface area contributed by atoms with Crippen LogP contribution in [-0.2, 0) is 4.74 Å². The van der Waals surface area contributed by atoms with Crippen LogP contribution in [0.5, 0.6) is 0 Å². The van der Waals surface area contributed by atoms with Crippen molar-refractivity contribution in [1.29, 1.82) is 0 Å². The third kappa shape index (κ3) is 2.87. The Morgan fingerprint density at radius 2 is 1.88 bits per heavy atom. The molecule has 0 fully saturated rings. The van der Waals surface area contributed by atoms with Crippen molar-refractivity contribution in [3.8, 4) is 0 Å². The number of benzene rings is 1. The highest BCUT2D eigenvalue weighted by Crippen LogP contribution is 2.27. The zero-order chi connectivity index (χ0) is 13.0. The molecular weight excluding hydrogens is 234 g/mol. The first kappa shape index (κ1) is 12.4. The van der Waals surface area contributed by atoms with Gasteiger partial charge in [0, 0.05) is 6.07 Å². The number of primary amides is 1. The molecule has 90 valence electrons. The van der Waals surface area contributed by atoms with Crippen molar-refractivity contribution in [3.63, 3.8) is 0 Å². The van der Waals surface area contributed by atoms with Gasteiger partial charge in [0.05, 0.1) is 9.85 Å². The van der Waals surface area contributed by atoms with Gasteiger partial charge in [0.25, 0.3) is 5.69 Å². The number of nitrogens with two attached hydrogens (primary N) is 1. The minimum atomic E-state index is -1.99. The Kier molecular flexibility index (Phi) is 3.55. The maximum Gasteiger partial charge on any atom is 0.409 e. The molecule has 9 heteroatoms. The fourth-order valence-electron chi connectivity index (χ4n) is 1.19. The number of carbonyl (C=O) groups excluding carboxylic acids is 1. The summed E-state index contributed by atoms with van der Waals surface area (Å²) in [6.07, 6.45) is -3.38. The van der Waals surface area contributed by atoms with E-state index in [1.807, 2.05) is 0 Å². The first-order valence-corrected chi connectivity index (χ1v) is 4.26. The second-order valence-electron chi connectivity index (χ2n) is 2.89. The zero-order valence-corrected chi connectivity index (χ0v) is 8.31. The van der Waals surface area contributed by atoms with Gasteiger partial charge in [0.15, 0.2) is 0 Å². The maximum absolute atomic E-state index is 10.7. The largest absolute Gasteiger partial charge is 0.409 e. The molecule has 1 rings (SSSR count). The summed E-state index contributed by atoms with van der Waals surface area (Å²) in [7, 11) is 0. The van der Waals surface area contributed by atoms with Crippen molar-refractivity contribution < 1.29 is 19.4 Å². The number of carbonyl (C=O) groups is 1. The average molecular weight is 241 g/mol. The van der Waals surface area contributed by atoms with Crippen LogP contribution in [-0.4, -0.2) is 15.9 Å². The summed E-state index contributed by atoms with van der Waals surface area (Å²) in [5.41, 5.74) is 3.80. The zero-order valence-electron chi connectivity index (χ0n) is 8.31. The van der Waals surface area contributed by atoms with Gasteiger partial charge in [-0.2, -0.15) is 0 Å². The predicted molar refractivity (Wildman–Crippen MR) is 53.5 cm³/mol. The standard InChI is InChI=1S/C8H7N3O6/c9-8(12)17-7(11(15)16)5-3-1-2-4-6(5)10(13)14/h1-4,7H,(H2,9,12). The first-order chi connectivity index (χ1) is 7.93. The summed E-state index contributed by atoms with van der Waals surface area (Å²) in [5, 5.41) is 21.3. The van der Waals surface area contributed by atoms with Gasteiger partial charge in [-0.15, -0.1) is 0 Å². The van der Waals surface area contributed by atoms with E-state index < -0.39 is 27.9 Å². The molecule has 0 aromatic heterocycles. The van der Waals surface area contributed by atoms with E-state index in [1.165, 1.54) is 12.1 Å². The van der Waals surface area contributed by atoms with Crippen molar-refractivity contribution in [2.75, 3.05) is 0 Å². The van der Waals surface area contributed by atoms with Gasteiger partial charge in [0.1, 0.15) is 5.56 Å². The molecule has 0 aliphatic rings. The Bertz CT molecular complexity index is 474. The lowest BCUT2D eigenvalue weighted by Gasteiger charge is -2.08. The Balaban J connectivity index is 3.22. The molecule has 0 saturated carbocycles. The van der Waals surface area contributed by atoms with Crippen LogP contribution in [0.25, 0.3) is 0 Å². The number of nitro groups is 2. The SMILES string of the molecule is NC(=O)OC(c1ccccc1[N+](=O)[O-])[N+](=O)[O-]. The van der Waals surface area contributed by atoms with Crippen LogP contribution in [0, 0.1) is 20.2 Å². The van der Waals surface area contributed by atoms with E-state index in [9.17, 15) is 25.0 Å². The molecule has 9 nitrogen and oxygen atoms in total. The van der Waals surface area contributed by atoms with Crippen molar-refractivity contribution in [2.24, 2.45) is 5.73 Å². The Hall–Kier alpha value is -2.71. The number of rotatable bonds is 4. The van der Waals surface area contributed by atoms with Crippen molar-refractivity contribution in [3.05, 3.63) is 50.1 Å². The lowest BCUT2D eigenvalue weighted by Crippen LogP contribution is -2.23. The van der Waals surface area contributed by atoms with E-state index in [1.54, 1.807) is 0 Å². The van der Waals surface area contributed by atoms with Crippen LogP contribution >= 0.6 is 0 Å². The van der Waals surface area contributed by atoms with Crippen molar-refractivity contribution >= 4 is 11.8 Å². The summed E-state index contributed by atoms with van der Waals surface area (Å²) in [5.74, 6) is 0. The predicted octanol–water partition coefficient (Wildman–Crippen LogP) is 0.965. The van der Waals surface area contributed by atoms with Gasteiger partial charge in [-0.05, 0) is 6.07 Å².